The Morgan fingerprint density at radius 2 is 0.557 bits per heavy atom. The fraction of sp³-hybridized carbons (Fsp3) is 0.672. The predicted molar refractivity (Wildman–Crippen MR) is 302 cm³/mol. The Kier molecular flexibility index (Phi) is 54.4. The van der Waals surface area contributed by atoms with Crippen LogP contribution in [-0.2, 0) is 28.6 Å². The van der Waals surface area contributed by atoms with Gasteiger partial charge in [-0.2, -0.15) is 0 Å². The number of esters is 3. The molecule has 0 heterocycles. The molecule has 6 heteroatoms. The fourth-order valence-electron chi connectivity index (χ4n) is 7.80. The Labute approximate surface area is 431 Å². The Balaban J connectivity index is 4.46. The summed E-state index contributed by atoms with van der Waals surface area (Å²) in [5.41, 5.74) is 0. The zero-order chi connectivity index (χ0) is 50.7. The van der Waals surface area contributed by atoms with Crippen LogP contribution in [0.25, 0.3) is 0 Å². The van der Waals surface area contributed by atoms with E-state index in [2.05, 4.69) is 130 Å². The molecule has 1 atom stereocenters. The number of unbranched alkanes of at least 4 members (excludes halogenated alkanes) is 28. The van der Waals surface area contributed by atoms with E-state index < -0.39 is 6.10 Å². The van der Waals surface area contributed by atoms with Crippen molar-refractivity contribution in [3.63, 3.8) is 0 Å². The lowest BCUT2D eigenvalue weighted by molar-refractivity contribution is -0.167. The van der Waals surface area contributed by atoms with Gasteiger partial charge in [0.15, 0.2) is 6.10 Å². The van der Waals surface area contributed by atoms with E-state index in [1.807, 2.05) is 0 Å². The molecule has 0 spiro atoms. The quantitative estimate of drug-likeness (QED) is 0.0262. The Morgan fingerprint density at radius 1 is 0.300 bits per heavy atom. The molecule has 0 saturated heterocycles. The van der Waals surface area contributed by atoms with Crippen molar-refractivity contribution in [2.24, 2.45) is 0 Å². The van der Waals surface area contributed by atoms with Crippen LogP contribution in [-0.4, -0.2) is 37.2 Å². The largest absolute Gasteiger partial charge is 0.462 e. The average molecular weight is 972 g/mol. The van der Waals surface area contributed by atoms with E-state index in [0.717, 1.165) is 96.3 Å². The Hall–Kier alpha value is -3.93. The minimum absolute atomic E-state index is 0.0950. The van der Waals surface area contributed by atoms with Crippen LogP contribution in [0.2, 0.25) is 0 Å². The van der Waals surface area contributed by atoms with Gasteiger partial charge >= 0.3 is 17.9 Å². The van der Waals surface area contributed by atoms with E-state index in [1.54, 1.807) is 0 Å². The second kappa shape index (κ2) is 57.6. The predicted octanol–water partition coefficient (Wildman–Crippen LogP) is 19.5. The number of ether oxygens (including phenoxy) is 3. The van der Waals surface area contributed by atoms with Crippen molar-refractivity contribution in [2.45, 2.75) is 264 Å². The van der Waals surface area contributed by atoms with Crippen LogP contribution in [0.15, 0.2) is 109 Å². The molecule has 1 unspecified atom stereocenters. The van der Waals surface area contributed by atoms with Crippen LogP contribution in [0.4, 0.5) is 0 Å². The molecule has 70 heavy (non-hydrogen) atoms. The molecule has 398 valence electrons. The van der Waals surface area contributed by atoms with Gasteiger partial charge in [0.05, 0.1) is 0 Å². The smallest absolute Gasteiger partial charge is 0.306 e. The van der Waals surface area contributed by atoms with Gasteiger partial charge in [0.25, 0.3) is 0 Å². The monoisotopic (exact) mass is 971 g/mol. The van der Waals surface area contributed by atoms with Gasteiger partial charge in [-0.25, -0.2) is 0 Å². The lowest BCUT2D eigenvalue weighted by atomic mass is 10.1. The van der Waals surface area contributed by atoms with Crippen molar-refractivity contribution in [3.05, 3.63) is 109 Å². The van der Waals surface area contributed by atoms with E-state index in [9.17, 15) is 14.4 Å². The SMILES string of the molecule is CC\C=C/C=C\C=C/CCCCCCCCCC(=O)OCC(COC(=O)CCCCCCCCCCCC/C=C\C=C/CCCCC)OC(=O)CCCCCCC\C=C/C=C\C=C/C=C\CCCCC. The molecule has 0 radical (unpaired) electrons. The Bertz CT molecular complexity index is 1440. The summed E-state index contributed by atoms with van der Waals surface area (Å²) in [6.45, 7) is 6.42. The first-order valence-corrected chi connectivity index (χ1v) is 29.0. The van der Waals surface area contributed by atoms with Gasteiger partial charge in [-0.3, -0.25) is 14.4 Å². The molecule has 0 aromatic heterocycles. The highest BCUT2D eigenvalue weighted by Crippen LogP contribution is 2.15. The summed E-state index contributed by atoms with van der Waals surface area (Å²) in [5, 5.41) is 0. The van der Waals surface area contributed by atoms with Crippen LogP contribution in [0.3, 0.4) is 0 Å². The number of carbonyl (C=O) groups excluding carboxylic acids is 3. The molecular weight excluding hydrogens is 865 g/mol. The molecule has 0 N–H and O–H groups in total. The number of allylic oxidation sites excluding steroid dienone is 18. The van der Waals surface area contributed by atoms with Gasteiger partial charge in [-0.05, 0) is 89.9 Å². The zero-order valence-electron chi connectivity index (χ0n) is 45.5. The molecule has 0 fully saturated rings. The summed E-state index contributed by atoms with van der Waals surface area (Å²) in [7, 11) is 0. The molecular formula is C64H106O6. The van der Waals surface area contributed by atoms with Crippen molar-refractivity contribution in [2.75, 3.05) is 13.2 Å². The number of hydrogen-bond donors (Lipinski definition) is 0. The fourth-order valence-corrected chi connectivity index (χ4v) is 7.80. The standard InChI is InChI=1S/C64H106O6/c1-4-7-10-13-16-19-22-25-28-30-32-34-36-39-42-45-48-51-54-57-63(66)69-60-61(59-68-62(65)56-53-50-47-44-41-38-35-27-24-21-18-15-12-9-6-3)70-64(67)58-55-52-49-46-43-40-37-33-31-29-26-23-20-17-14-11-8-5-2/h9,12,15-26,29,31,33,37,61H,4-8,10-11,13-14,27-28,30,32,34-36,38-60H2,1-3H3/b12-9-,18-15-,19-16-,20-17-,24-21-,25-22-,26-23-,31-29-,37-33-. The molecule has 0 amide bonds. The first kappa shape index (κ1) is 66.1. The van der Waals surface area contributed by atoms with Crippen molar-refractivity contribution in [1.29, 1.82) is 0 Å². The number of carbonyl (C=O) groups is 3. The minimum atomic E-state index is -0.800. The highest BCUT2D eigenvalue weighted by Gasteiger charge is 2.19. The van der Waals surface area contributed by atoms with E-state index >= 15 is 0 Å². The molecule has 0 aliphatic carbocycles. The third-order valence-corrected chi connectivity index (χ3v) is 12.2. The second-order valence-corrected chi connectivity index (χ2v) is 19.0. The molecule has 0 aliphatic heterocycles. The van der Waals surface area contributed by atoms with Gasteiger partial charge in [-0.15, -0.1) is 0 Å². The number of rotatable bonds is 51. The van der Waals surface area contributed by atoms with E-state index in [0.29, 0.717) is 19.3 Å². The van der Waals surface area contributed by atoms with E-state index in [1.165, 1.54) is 122 Å². The highest BCUT2D eigenvalue weighted by molar-refractivity contribution is 5.71. The second-order valence-electron chi connectivity index (χ2n) is 19.0. The Morgan fingerprint density at radius 3 is 0.886 bits per heavy atom. The maximum absolute atomic E-state index is 12.9. The van der Waals surface area contributed by atoms with Gasteiger partial charge in [0.1, 0.15) is 13.2 Å². The van der Waals surface area contributed by atoms with Crippen LogP contribution in [0.5, 0.6) is 0 Å². The summed E-state index contributed by atoms with van der Waals surface area (Å²) >= 11 is 0. The van der Waals surface area contributed by atoms with Crippen LogP contribution < -0.4 is 0 Å². The third-order valence-electron chi connectivity index (χ3n) is 12.2. The molecule has 0 aromatic carbocycles. The molecule has 0 rings (SSSR count). The first-order chi connectivity index (χ1) is 34.5. The van der Waals surface area contributed by atoms with E-state index in [-0.39, 0.29) is 31.1 Å². The summed E-state index contributed by atoms with van der Waals surface area (Å²) in [6.07, 6.45) is 77.8. The zero-order valence-corrected chi connectivity index (χ0v) is 45.5. The summed E-state index contributed by atoms with van der Waals surface area (Å²) in [5.74, 6) is -0.932. The van der Waals surface area contributed by atoms with Crippen molar-refractivity contribution < 1.29 is 28.6 Å². The molecule has 0 bridgehead atoms. The van der Waals surface area contributed by atoms with Crippen LogP contribution >= 0.6 is 0 Å². The highest BCUT2D eigenvalue weighted by atomic mass is 16.6. The normalized spacial score (nSPS) is 12.9. The molecule has 0 aliphatic rings. The number of hydrogen-bond acceptors (Lipinski definition) is 6. The van der Waals surface area contributed by atoms with Gasteiger partial charge in [-0.1, -0.05) is 259 Å². The van der Waals surface area contributed by atoms with Crippen molar-refractivity contribution in [3.8, 4) is 0 Å². The average Bonchev–Trinajstić information content (AvgIpc) is 3.36. The lowest BCUT2D eigenvalue weighted by Crippen LogP contribution is -2.30. The van der Waals surface area contributed by atoms with Gasteiger partial charge < -0.3 is 14.2 Å². The van der Waals surface area contributed by atoms with Crippen LogP contribution in [0, 0.1) is 0 Å². The lowest BCUT2D eigenvalue weighted by Gasteiger charge is -2.18. The maximum Gasteiger partial charge on any atom is 0.306 e. The topological polar surface area (TPSA) is 78.9 Å². The van der Waals surface area contributed by atoms with Crippen molar-refractivity contribution in [1.82, 2.24) is 0 Å². The summed E-state index contributed by atoms with van der Waals surface area (Å²) in [6, 6.07) is 0. The summed E-state index contributed by atoms with van der Waals surface area (Å²) < 4.78 is 16.9. The minimum Gasteiger partial charge on any atom is -0.462 e. The summed E-state index contributed by atoms with van der Waals surface area (Å²) in [4.78, 5) is 38.2. The van der Waals surface area contributed by atoms with Crippen molar-refractivity contribution >= 4 is 17.9 Å². The molecule has 0 aromatic rings. The third kappa shape index (κ3) is 55.0. The first-order valence-electron chi connectivity index (χ1n) is 29.0. The molecule has 0 saturated carbocycles. The van der Waals surface area contributed by atoms with E-state index in [4.69, 9.17) is 14.2 Å². The van der Waals surface area contributed by atoms with Gasteiger partial charge in [0, 0.05) is 19.3 Å². The maximum atomic E-state index is 12.9. The molecule has 6 nitrogen and oxygen atoms in total. The van der Waals surface area contributed by atoms with Crippen LogP contribution in [0.1, 0.15) is 258 Å². The van der Waals surface area contributed by atoms with Gasteiger partial charge in [0.2, 0.25) is 0 Å².